The summed E-state index contributed by atoms with van der Waals surface area (Å²) in [7, 11) is 0. The van der Waals surface area contributed by atoms with Crippen LogP contribution in [0.4, 0.5) is 0 Å². The fourth-order valence-electron chi connectivity index (χ4n) is 0.711. The van der Waals surface area contributed by atoms with E-state index in [4.69, 9.17) is 3.79 Å². The second kappa shape index (κ2) is 6.70. The maximum atomic E-state index is 5.30. The molecule has 0 aliphatic rings. The maximum absolute atomic E-state index is 5.30. The van der Waals surface area contributed by atoms with Crippen LogP contribution in [0.25, 0.3) is 0 Å². The number of hydrogen-bond acceptors (Lipinski definition) is 1. The fourth-order valence-corrected chi connectivity index (χ4v) is 1.45. The number of hydrogen-bond donors (Lipinski definition) is 0. The van der Waals surface area contributed by atoms with Crippen LogP contribution in [0.3, 0.4) is 0 Å². The molecule has 0 saturated carbocycles. The second-order valence-corrected chi connectivity index (χ2v) is 3.22. The van der Waals surface area contributed by atoms with Gasteiger partial charge in [-0.1, -0.05) is 0 Å². The van der Waals surface area contributed by atoms with Crippen molar-refractivity contribution in [3.63, 3.8) is 0 Å². The first-order valence-corrected chi connectivity index (χ1v) is 4.48. The first kappa shape index (κ1) is 11.0. The van der Waals surface area contributed by atoms with Crippen LogP contribution >= 0.6 is 0 Å². The van der Waals surface area contributed by atoms with Crippen LogP contribution in [0.1, 0.15) is 6.92 Å². The van der Waals surface area contributed by atoms with E-state index in [2.05, 4.69) is 12.1 Å². The average Bonchev–Trinajstić information content (AvgIpc) is 2.03. The first-order valence-electron chi connectivity index (χ1n) is 3.43. The zero-order valence-corrected chi connectivity index (χ0v) is 8.37. The smallest absolute Gasteiger partial charge is 1.00 e. The summed E-state index contributed by atoms with van der Waals surface area (Å²) in [4.78, 5) is 0. The van der Waals surface area contributed by atoms with Gasteiger partial charge < -0.3 is 12.4 Å². The van der Waals surface area contributed by atoms with Crippen molar-refractivity contribution in [2.75, 3.05) is 6.61 Å². The molecule has 1 nitrogen and oxygen atoms in total. The van der Waals surface area contributed by atoms with Gasteiger partial charge in [-0.05, 0) is 0 Å². The second-order valence-electron chi connectivity index (χ2n) is 1.98. The molecular weight excluding hydrogens is 175 g/mol. The third-order valence-corrected chi connectivity index (χ3v) is 2.34. The van der Waals surface area contributed by atoms with Gasteiger partial charge in [0.2, 0.25) is 0 Å². The SMILES string of the molecule is CC[O][Al+][c]1ccccc1.[Cl-]. The van der Waals surface area contributed by atoms with E-state index in [1.54, 1.807) is 0 Å². The molecule has 0 N–H and O–H groups in total. The molecule has 3 heteroatoms. The molecule has 0 spiro atoms. The Morgan fingerprint density at radius 2 is 1.91 bits per heavy atom. The monoisotopic (exact) mass is 184 g/mol. The Kier molecular flexibility index (Phi) is 6.70. The molecule has 0 unspecified atom stereocenters. The van der Waals surface area contributed by atoms with Crippen molar-refractivity contribution in [1.82, 2.24) is 0 Å². The summed E-state index contributed by atoms with van der Waals surface area (Å²) in [5.41, 5.74) is 0. The van der Waals surface area contributed by atoms with Gasteiger partial charge in [0.1, 0.15) is 0 Å². The number of rotatable bonds is 3. The zero-order valence-electron chi connectivity index (χ0n) is 6.46. The quantitative estimate of drug-likeness (QED) is 0.493. The minimum absolute atomic E-state index is 0. The maximum Gasteiger partial charge on any atom is -1.00 e. The molecule has 0 fully saturated rings. The molecule has 0 amide bonds. The molecule has 1 aromatic carbocycles. The molecule has 1 rings (SSSR count). The average molecular weight is 185 g/mol. The summed E-state index contributed by atoms with van der Waals surface area (Å²) in [6.07, 6.45) is 0. The van der Waals surface area contributed by atoms with Crippen LogP contribution < -0.4 is 16.8 Å². The number of halogens is 1. The van der Waals surface area contributed by atoms with Crippen LogP contribution in [0.2, 0.25) is 0 Å². The van der Waals surface area contributed by atoms with Gasteiger partial charge in [0.15, 0.2) is 0 Å². The minimum atomic E-state index is 0. The van der Waals surface area contributed by atoms with Gasteiger partial charge in [-0.2, -0.15) is 0 Å². The summed E-state index contributed by atoms with van der Waals surface area (Å²) in [6, 6.07) is 10.3. The van der Waals surface area contributed by atoms with E-state index in [1.165, 1.54) is 4.43 Å². The molecule has 0 aromatic heterocycles. The van der Waals surface area contributed by atoms with E-state index in [1.807, 2.05) is 25.1 Å². The van der Waals surface area contributed by atoms with E-state index in [-0.39, 0.29) is 28.0 Å². The molecular formula is C8H10AlClO. The molecule has 0 bridgehead atoms. The van der Waals surface area contributed by atoms with E-state index in [0.717, 1.165) is 6.61 Å². The number of benzene rings is 1. The molecule has 0 atom stereocenters. The van der Waals surface area contributed by atoms with Crippen molar-refractivity contribution in [2.45, 2.75) is 6.92 Å². The summed E-state index contributed by atoms with van der Waals surface area (Å²) >= 11 is 0.0465. The molecule has 0 aliphatic heterocycles. The Morgan fingerprint density at radius 1 is 1.27 bits per heavy atom. The molecule has 0 aliphatic carbocycles. The van der Waals surface area contributed by atoms with Crippen LogP contribution in [-0.2, 0) is 3.79 Å². The topological polar surface area (TPSA) is 9.23 Å². The third-order valence-electron chi connectivity index (χ3n) is 1.19. The normalized spacial score (nSPS) is 8.09. The minimum Gasteiger partial charge on any atom is -1.00 e. The van der Waals surface area contributed by atoms with E-state index < -0.39 is 0 Å². The Bertz CT molecular complexity index is 179. The van der Waals surface area contributed by atoms with E-state index in [9.17, 15) is 0 Å². The van der Waals surface area contributed by atoms with Crippen LogP contribution in [0.5, 0.6) is 0 Å². The Hall–Kier alpha value is 0.00247. The first-order chi connectivity index (χ1) is 4.93. The van der Waals surface area contributed by atoms with Crippen molar-refractivity contribution in [3.8, 4) is 0 Å². The van der Waals surface area contributed by atoms with Crippen molar-refractivity contribution in [1.29, 1.82) is 0 Å². The summed E-state index contributed by atoms with van der Waals surface area (Å²) in [6.45, 7) is 2.85. The summed E-state index contributed by atoms with van der Waals surface area (Å²) < 4.78 is 6.63. The van der Waals surface area contributed by atoms with Gasteiger partial charge in [0, 0.05) is 0 Å². The Morgan fingerprint density at radius 3 is 2.45 bits per heavy atom. The van der Waals surface area contributed by atoms with Gasteiger partial charge in [0.05, 0.1) is 0 Å². The molecule has 1 aromatic rings. The molecule has 0 heterocycles. The Labute approximate surface area is 80.2 Å². The predicted octanol–water partition coefficient (Wildman–Crippen LogP) is -2.03. The Balaban J connectivity index is 0.000001000. The van der Waals surface area contributed by atoms with Gasteiger partial charge in [-0.3, -0.25) is 0 Å². The molecule has 58 valence electrons. The zero-order chi connectivity index (χ0) is 7.23. The van der Waals surface area contributed by atoms with Crippen LogP contribution in [0.15, 0.2) is 30.3 Å². The van der Waals surface area contributed by atoms with Crippen molar-refractivity contribution in [3.05, 3.63) is 30.3 Å². The largest absolute Gasteiger partial charge is 1.00 e. The van der Waals surface area contributed by atoms with Crippen LogP contribution in [0, 0.1) is 0 Å². The predicted molar refractivity (Wildman–Crippen MR) is 43.5 cm³/mol. The van der Waals surface area contributed by atoms with Gasteiger partial charge >= 0.3 is 67.6 Å². The molecule has 11 heavy (non-hydrogen) atoms. The van der Waals surface area contributed by atoms with E-state index >= 15 is 0 Å². The fraction of sp³-hybridized carbons (Fsp3) is 0.250. The van der Waals surface area contributed by atoms with Gasteiger partial charge in [-0.15, -0.1) is 0 Å². The van der Waals surface area contributed by atoms with Crippen LogP contribution in [-0.4, -0.2) is 22.2 Å². The van der Waals surface area contributed by atoms with Crippen molar-refractivity contribution in [2.24, 2.45) is 0 Å². The summed E-state index contributed by atoms with van der Waals surface area (Å²) in [5, 5.41) is 0. The standard InChI is InChI=1S/C6H5.C2H5O.Al.ClH/c1-2-4-6-5-3-1;1-2-3;;/h1-5H;2H2,1H3;;1H/q;-1;+2;/p-1. The van der Waals surface area contributed by atoms with Gasteiger partial charge in [-0.25, -0.2) is 0 Å². The van der Waals surface area contributed by atoms with Crippen molar-refractivity contribution >= 4 is 20.0 Å². The molecule has 0 saturated heterocycles. The summed E-state index contributed by atoms with van der Waals surface area (Å²) in [5.74, 6) is 0. The third kappa shape index (κ3) is 4.45. The molecule has 0 radical (unpaired) electrons. The van der Waals surface area contributed by atoms with Crippen molar-refractivity contribution < 1.29 is 16.2 Å². The van der Waals surface area contributed by atoms with Gasteiger partial charge in [0.25, 0.3) is 0 Å². The van der Waals surface area contributed by atoms with E-state index in [0.29, 0.717) is 0 Å².